The zero-order valence-electron chi connectivity index (χ0n) is 13.0. The van der Waals surface area contributed by atoms with Gasteiger partial charge in [0.15, 0.2) is 0 Å². The molecule has 1 aliphatic heterocycles. The van der Waals surface area contributed by atoms with Crippen molar-refractivity contribution in [2.24, 2.45) is 0 Å². The van der Waals surface area contributed by atoms with Gasteiger partial charge in [-0.15, -0.1) is 21.5 Å². The molecule has 2 amide bonds. The van der Waals surface area contributed by atoms with Crippen molar-refractivity contribution in [3.63, 3.8) is 0 Å². The smallest absolute Gasteiger partial charge is 0.317 e. The first-order valence-electron chi connectivity index (χ1n) is 7.69. The number of carbonyl (C=O) groups is 1. The van der Waals surface area contributed by atoms with Crippen LogP contribution >= 0.6 is 22.9 Å². The summed E-state index contributed by atoms with van der Waals surface area (Å²) >= 11 is 7.49. The van der Waals surface area contributed by atoms with Gasteiger partial charge in [0.05, 0.1) is 0 Å². The SMILES string of the molecule is Cc1nnc(C2CCCN(C(=O)NCc3ccc(Cl)cc3)C2)s1. The normalized spacial score (nSPS) is 18.0. The van der Waals surface area contributed by atoms with Crippen LogP contribution in [-0.2, 0) is 6.54 Å². The molecule has 3 rings (SSSR count). The molecule has 23 heavy (non-hydrogen) atoms. The number of hydrogen-bond acceptors (Lipinski definition) is 4. The van der Waals surface area contributed by atoms with Gasteiger partial charge in [0.1, 0.15) is 10.0 Å². The Labute approximate surface area is 144 Å². The fourth-order valence-corrected chi connectivity index (χ4v) is 3.68. The van der Waals surface area contributed by atoms with Crippen LogP contribution < -0.4 is 5.32 Å². The summed E-state index contributed by atoms with van der Waals surface area (Å²) in [5, 5.41) is 14.0. The van der Waals surface area contributed by atoms with Crippen molar-refractivity contribution in [3.8, 4) is 0 Å². The van der Waals surface area contributed by atoms with Gasteiger partial charge < -0.3 is 10.2 Å². The highest BCUT2D eigenvalue weighted by molar-refractivity contribution is 7.11. The zero-order valence-corrected chi connectivity index (χ0v) is 14.5. The van der Waals surface area contributed by atoms with Crippen molar-refractivity contribution in [2.75, 3.05) is 13.1 Å². The fourth-order valence-electron chi connectivity index (χ4n) is 2.73. The van der Waals surface area contributed by atoms with Crippen molar-refractivity contribution in [1.29, 1.82) is 0 Å². The molecule has 122 valence electrons. The Hall–Kier alpha value is -1.66. The van der Waals surface area contributed by atoms with E-state index < -0.39 is 0 Å². The molecule has 1 N–H and O–H groups in total. The maximum absolute atomic E-state index is 12.4. The number of aryl methyl sites for hydroxylation is 1. The van der Waals surface area contributed by atoms with E-state index in [1.54, 1.807) is 11.3 Å². The first kappa shape index (κ1) is 16.2. The van der Waals surface area contributed by atoms with E-state index in [9.17, 15) is 4.79 Å². The molecular weight excluding hydrogens is 332 g/mol. The standard InChI is InChI=1S/C16H19ClN4OS/c1-11-19-20-15(23-11)13-3-2-8-21(10-13)16(22)18-9-12-4-6-14(17)7-5-12/h4-7,13H,2-3,8-10H2,1H3,(H,18,22). The fraction of sp³-hybridized carbons (Fsp3) is 0.438. The van der Waals surface area contributed by atoms with Crippen LogP contribution in [0, 0.1) is 6.92 Å². The second-order valence-electron chi connectivity index (χ2n) is 5.73. The van der Waals surface area contributed by atoms with Crippen LogP contribution in [-0.4, -0.2) is 34.2 Å². The summed E-state index contributed by atoms with van der Waals surface area (Å²) in [4.78, 5) is 14.3. The van der Waals surface area contributed by atoms with E-state index in [0.717, 1.165) is 35.0 Å². The van der Waals surface area contributed by atoms with Crippen LogP contribution in [0.5, 0.6) is 0 Å². The molecule has 5 nitrogen and oxygen atoms in total. The van der Waals surface area contributed by atoms with Crippen molar-refractivity contribution in [2.45, 2.75) is 32.2 Å². The minimum atomic E-state index is -0.0223. The lowest BCUT2D eigenvalue weighted by atomic mass is 9.99. The summed E-state index contributed by atoms with van der Waals surface area (Å²) in [5.74, 6) is 0.302. The van der Waals surface area contributed by atoms with Crippen LogP contribution in [0.2, 0.25) is 5.02 Å². The van der Waals surface area contributed by atoms with E-state index in [0.29, 0.717) is 24.0 Å². The number of benzene rings is 1. The molecular formula is C16H19ClN4OS. The van der Waals surface area contributed by atoms with Gasteiger partial charge in [-0.2, -0.15) is 0 Å². The second-order valence-corrected chi connectivity index (χ2v) is 7.38. The molecule has 2 heterocycles. The van der Waals surface area contributed by atoms with E-state index in [2.05, 4.69) is 15.5 Å². The van der Waals surface area contributed by atoms with Gasteiger partial charge >= 0.3 is 6.03 Å². The molecule has 1 unspecified atom stereocenters. The quantitative estimate of drug-likeness (QED) is 0.920. The summed E-state index contributed by atoms with van der Waals surface area (Å²) in [6, 6.07) is 7.48. The molecule has 0 bridgehead atoms. The highest BCUT2D eigenvalue weighted by atomic mass is 35.5. The second kappa shape index (κ2) is 7.27. The minimum Gasteiger partial charge on any atom is -0.334 e. The molecule has 1 aliphatic rings. The Morgan fingerprint density at radius 2 is 2.17 bits per heavy atom. The summed E-state index contributed by atoms with van der Waals surface area (Å²) in [5.41, 5.74) is 1.04. The topological polar surface area (TPSA) is 58.1 Å². The summed E-state index contributed by atoms with van der Waals surface area (Å²) in [6.45, 7) is 3.97. The Bertz CT molecular complexity index is 673. The number of nitrogens with one attached hydrogen (secondary N) is 1. The van der Waals surface area contributed by atoms with E-state index in [1.165, 1.54) is 0 Å². The van der Waals surface area contributed by atoms with Crippen molar-refractivity contribution in [3.05, 3.63) is 44.9 Å². The van der Waals surface area contributed by atoms with Gasteiger partial charge in [-0.3, -0.25) is 0 Å². The van der Waals surface area contributed by atoms with Gasteiger partial charge in [-0.05, 0) is 37.5 Å². The van der Waals surface area contributed by atoms with Crippen LogP contribution in [0.4, 0.5) is 4.79 Å². The van der Waals surface area contributed by atoms with Gasteiger partial charge in [-0.1, -0.05) is 23.7 Å². The molecule has 0 spiro atoms. The average Bonchev–Trinajstić information content (AvgIpc) is 3.01. The number of aromatic nitrogens is 2. The van der Waals surface area contributed by atoms with E-state index in [1.807, 2.05) is 36.1 Å². The van der Waals surface area contributed by atoms with Gasteiger partial charge in [0.2, 0.25) is 0 Å². The number of nitrogens with zero attached hydrogens (tertiary/aromatic N) is 3. The van der Waals surface area contributed by atoms with Crippen molar-refractivity contribution in [1.82, 2.24) is 20.4 Å². The molecule has 1 saturated heterocycles. The first-order chi connectivity index (χ1) is 11.1. The Morgan fingerprint density at radius 1 is 1.39 bits per heavy atom. The lowest BCUT2D eigenvalue weighted by molar-refractivity contribution is 0.179. The van der Waals surface area contributed by atoms with Crippen LogP contribution in [0.25, 0.3) is 0 Å². The predicted octanol–water partition coefficient (Wildman–Crippen LogP) is 3.59. The largest absolute Gasteiger partial charge is 0.334 e. The third-order valence-electron chi connectivity index (χ3n) is 3.96. The van der Waals surface area contributed by atoms with Crippen LogP contribution in [0.15, 0.2) is 24.3 Å². The van der Waals surface area contributed by atoms with E-state index in [4.69, 9.17) is 11.6 Å². The van der Waals surface area contributed by atoms with Gasteiger partial charge in [0.25, 0.3) is 0 Å². The molecule has 1 aromatic carbocycles. The van der Waals surface area contributed by atoms with Crippen molar-refractivity contribution < 1.29 is 4.79 Å². The van der Waals surface area contributed by atoms with Crippen molar-refractivity contribution >= 4 is 29.0 Å². The molecule has 0 aliphatic carbocycles. The molecule has 2 aromatic rings. The molecule has 1 atom stereocenters. The number of amides is 2. The molecule has 0 saturated carbocycles. The number of urea groups is 1. The van der Waals surface area contributed by atoms with Crippen LogP contribution in [0.3, 0.4) is 0 Å². The third-order valence-corrected chi connectivity index (χ3v) is 5.21. The third kappa shape index (κ3) is 4.20. The Balaban J connectivity index is 1.55. The highest BCUT2D eigenvalue weighted by Crippen LogP contribution is 2.28. The predicted molar refractivity (Wildman–Crippen MR) is 91.9 cm³/mol. The van der Waals surface area contributed by atoms with Gasteiger partial charge in [-0.25, -0.2) is 4.79 Å². The lowest BCUT2D eigenvalue weighted by Crippen LogP contribution is -2.44. The number of likely N-dealkylation sites (tertiary alicyclic amines) is 1. The number of hydrogen-bond donors (Lipinski definition) is 1. The summed E-state index contributed by atoms with van der Waals surface area (Å²) < 4.78 is 0. The maximum Gasteiger partial charge on any atom is 0.317 e. The summed E-state index contributed by atoms with van der Waals surface area (Å²) in [7, 11) is 0. The zero-order chi connectivity index (χ0) is 16.2. The molecule has 0 radical (unpaired) electrons. The van der Waals surface area contributed by atoms with E-state index in [-0.39, 0.29) is 6.03 Å². The minimum absolute atomic E-state index is 0.0223. The lowest BCUT2D eigenvalue weighted by Gasteiger charge is -2.31. The molecule has 1 aromatic heterocycles. The Kier molecular flexibility index (Phi) is 5.13. The molecule has 7 heteroatoms. The highest BCUT2D eigenvalue weighted by Gasteiger charge is 2.26. The maximum atomic E-state index is 12.4. The first-order valence-corrected chi connectivity index (χ1v) is 8.88. The molecule has 1 fully saturated rings. The number of carbonyl (C=O) groups excluding carboxylic acids is 1. The summed E-state index contributed by atoms with van der Waals surface area (Å²) in [6.07, 6.45) is 2.06. The monoisotopic (exact) mass is 350 g/mol. The van der Waals surface area contributed by atoms with E-state index >= 15 is 0 Å². The van der Waals surface area contributed by atoms with Gasteiger partial charge in [0, 0.05) is 30.6 Å². The van der Waals surface area contributed by atoms with Crippen LogP contribution in [0.1, 0.15) is 34.3 Å². The average molecular weight is 351 g/mol. The Morgan fingerprint density at radius 3 is 2.87 bits per heavy atom. The number of piperidine rings is 1. The number of rotatable bonds is 3. The number of halogens is 1.